The summed E-state index contributed by atoms with van der Waals surface area (Å²) in [4.78, 5) is 17.3. The third-order valence-electron chi connectivity index (χ3n) is 9.48. The maximum atomic E-state index is 11.7. The zero-order valence-electron chi connectivity index (χ0n) is 35.2. The number of thiophene rings is 1. The van der Waals surface area contributed by atoms with Crippen LogP contribution in [0.2, 0.25) is 0 Å². The molecule has 0 saturated carbocycles. The standard InChI is InChI=1S/C33H34NS.C13H24O2.Ir/c1-21-26-16-17-34-29(25-18-24-10-8-9-11-27(24)28(19-25)33(5,6)7)31(26)35-30(21)23-14-12-22(13-15-23)20-32(2,3)4;1-5-10(6-2)12(14)9-13(15)11(7-3)8-4;/h8-17,19H,20H2,1-7H3;9-11,14H,5-8H2,1-4H3;/q-1;;/b;12-9-;/i1D3;;. The zero-order chi connectivity index (χ0) is 39.3. The van der Waals surface area contributed by atoms with Gasteiger partial charge >= 0.3 is 0 Å². The number of allylic oxidation sites excluding steroid dienone is 2. The third-order valence-corrected chi connectivity index (χ3v) is 10.7. The Hall–Kier alpha value is -3.11. The molecule has 0 saturated heterocycles. The Labute approximate surface area is 329 Å². The Kier molecular flexibility index (Phi) is 13.3. The molecular weight excluding hydrogens is 823 g/mol. The Morgan fingerprint density at radius 3 is 2.10 bits per heavy atom. The van der Waals surface area contributed by atoms with E-state index < -0.39 is 6.85 Å². The van der Waals surface area contributed by atoms with Crippen molar-refractivity contribution in [1.82, 2.24) is 4.98 Å². The van der Waals surface area contributed by atoms with Crippen LogP contribution in [0.4, 0.5) is 0 Å². The molecule has 0 atom stereocenters. The van der Waals surface area contributed by atoms with Gasteiger partial charge in [0.2, 0.25) is 0 Å². The van der Waals surface area contributed by atoms with Gasteiger partial charge in [-0.1, -0.05) is 123 Å². The van der Waals surface area contributed by atoms with Crippen LogP contribution in [0.3, 0.4) is 0 Å². The summed E-state index contributed by atoms with van der Waals surface area (Å²) in [5.41, 5.74) is 5.60. The van der Waals surface area contributed by atoms with Crippen LogP contribution in [0, 0.1) is 30.2 Å². The maximum Gasteiger partial charge on any atom is 0.162 e. The van der Waals surface area contributed by atoms with Gasteiger partial charge in [0, 0.05) is 63.6 Å². The van der Waals surface area contributed by atoms with Crippen molar-refractivity contribution in [3.8, 4) is 21.7 Å². The van der Waals surface area contributed by atoms with Gasteiger partial charge in [-0.15, -0.1) is 40.5 Å². The van der Waals surface area contributed by atoms with Crippen molar-refractivity contribution in [1.29, 1.82) is 0 Å². The second-order valence-electron chi connectivity index (χ2n) is 15.7. The number of carbonyl (C=O) groups excluding carboxylic acids is 1. The average Bonchev–Trinajstić information content (AvgIpc) is 3.49. The van der Waals surface area contributed by atoms with Crippen molar-refractivity contribution in [3.63, 3.8) is 0 Å². The van der Waals surface area contributed by atoms with Crippen LogP contribution < -0.4 is 0 Å². The van der Waals surface area contributed by atoms with Crippen LogP contribution in [0.25, 0.3) is 42.6 Å². The Balaban J connectivity index is 0.000000418. The van der Waals surface area contributed by atoms with E-state index in [1.54, 1.807) is 6.20 Å². The number of nitrogens with zero attached hydrogens (tertiary/aromatic N) is 1. The molecule has 0 aliphatic carbocycles. The number of aliphatic hydroxyl groups excluding tert-OH is 1. The molecule has 0 aliphatic heterocycles. The third kappa shape index (κ3) is 10.5. The molecule has 1 N–H and O–H groups in total. The topological polar surface area (TPSA) is 50.2 Å². The van der Waals surface area contributed by atoms with Gasteiger partial charge in [-0.3, -0.25) is 9.78 Å². The minimum absolute atomic E-state index is 0. The van der Waals surface area contributed by atoms with E-state index in [1.807, 2.05) is 39.8 Å². The van der Waals surface area contributed by atoms with Crippen LogP contribution in [0.15, 0.2) is 78.7 Å². The number of ketones is 1. The van der Waals surface area contributed by atoms with Gasteiger partial charge in [-0.05, 0) is 77.9 Å². The minimum Gasteiger partial charge on any atom is -0.512 e. The molecule has 3 nitrogen and oxygen atoms in total. The van der Waals surface area contributed by atoms with Crippen LogP contribution in [0.1, 0.15) is 116 Å². The van der Waals surface area contributed by atoms with E-state index in [9.17, 15) is 9.90 Å². The van der Waals surface area contributed by atoms with E-state index in [4.69, 9.17) is 9.10 Å². The number of aryl methyl sites for hydroxylation is 1. The molecule has 3 aromatic carbocycles. The monoisotopic (exact) mass is 884 g/mol. The summed E-state index contributed by atoms with van der Waals surface area (Å²) in [6.45, 7) is 19.1. The number of fused-ring (bicyclic) bond motifs is 2. The number of pyridine rings is 1. The largest absolute Gasteiger partial charge is 0.512 e. The summed E-state index contributed by atoms with van der Waals surface area (Å²) in [6.07, 6.45) is 7.60. The van der Waals surface area contributed by atoms with Crippen molar-refractivity contribution in [2.45, 2.75) is 114 Å². The minimum atomic E-state index is -2.25. The molecule has 5 aromatic rings. The molecule has 5 rings (SSSR count). The van der Waals surface area contributed by atoms with Crippen LogP contribution in [0.5, 0.6) is 0 Å². The second-order valence-corrected chi connectivity index (χ2v) is 16.7. The summed E-state index contributed by atoms with van der Waals surface area (Å²) in [5, 5.41) is 12.7. The first kappa shape index (κ1) is 37.6. The van der Waals surface area contributed by atoms with Gasteiger partial charge < -0.3 is 5.11 Å². The normalized spacial score (nSPS) is 13.4. The van der Waals surface area contributed by atoms with Gasteiger partial charge in [0.05, 0.1) is 5.76 Å². The number of hydrogen-bond donors (Lipinski definition) is 1. The average molecular weight is 884 g/mol. The Morgan fingerprint density at radius 2 is 1.53 bits per heavy atom. The quantitative estimate of drug-likeness (QED) is 0.0864. The molecule has 51 heavy (non-hydrogen) atoms. The molecule has 0 bridgehead atoms. The van der Waals surface area contributed by atoms with Crippen LogP contribution in [-0.4, -0.2) is 15.9 Å². The molecule has 0 fully saturated rings. The second kappa shape index (κ2) is 18.1. The zero-order valence-corrected chi connectivity index (χ0v) is 35.4. The van der Waals surface area contributed by atoms with Crippen molar-refractivity contribution in [2.75, 3.05) is 0 Å². The van der Waals surface area contributed by atoms with E-state index in [1.165, 1.54) is 33.9 Å². The van der Waals surface area contributed by atoms with Gasteiger partial charge in [-0.25, -0.2) is 0 Å². The summed E-state index contributed by atoms with van der Waals surface area (Å²) in [5.74, 6) is 0.547. The summed E-state index contributed by atoms with van der Waals surface area (Å²) < 4.78 is 26.2. The fourth-order valence-electron chi connectivity index (χ4n) is 6.56. The molecule has 0 aliphatic rings. The molecule has 0 amide bonds. The van der Waals surface area contributed by atoms with E-state index in [2.05, 4.69) is 96.1 Å². The first-order valence-corrected chi connectivity index (χ1v) is 19.1. The summed E-state index contributed by atoms with van der Waals surface area (Å²) in [7, 11) is 0. The van der Waals surface area contributed by atoms with E-state index in [-0.39, 0.29) is 54.3 Å². The van der Waals surface area contributed by atoms with Gasteiger partial charge in [0.1, 0.15) is 0 Å². The first-order chi connectivity index (χ1) is 24.8. The molecule has 5 heteroatoms. The predicted molar refractivity (Wildman–Crippen MR) is 217 cm³/mol. The predicted octanol–water partition coefficient (Wildman–Crippen LogP) is 13.6. The Morgan fingerprint density at radius 1 is 0.902 bits per heavy atom. The SMILES string of the molecule is CCC(CC)C(=O)/C=C(\O)C(CC)CC.[2H]C([2H])([2H])c1c(-c2ccc(CC(C)(C)C)cc2)sc2c(-c3[c-]c4ccccc4c(C(C)(C)C)c3)nccc12.[Ir]. The van der Waals surface area contributed by atoms with E-state index in [0.717, 1.165) is 69.3 Å². The molecule has 2 heterocycles. The van der Waals surface area contributed by atoms with Gasteiger partial charge in [0.25, 0.3) is 0 Å². The van der Waals surface area contributed by atoms with E-state index in [0.29, 0.717) is 5.56 Å². The number of hydrogen-bond acceptors (Lipinski definition) is 4. The summed E-state index contributed by atoms with van der Waals surface area (Å²) in [6, 6.07) is 24.3. The van der Waals surface area contributed by atoms with Crippen LogP contribution >= 0.6 is 11.3 Å². The van der Waals surface area contributed by atoms with Gasteiger partial charge in [-0.2, -0.15) is 0 Å². The fraction of sp³-hybridized carbons (Fsp3) is 0.435. The van der Waals surface area contributed by atoms with Crippen molar-refractivity contribution < 1.29 is 34.1 Å². The smallest absolute Gasteiger partial charge is 0.162 e. The van der Waals surface area contributed by atoms with Crippen molar-refractivity contribution in [3.05, 3.63) is 101 Å². The Bertz CT molecular complexity index is 2040. The molecule has 1 radical (unpaired) electrons. The van der Waals surface area contributed by atoms with Crippen molar-refractivity contribution in [2.24, 2.45) is 17.3 Å². The van der Waals surface area contributed by atoms with Crippen molar-refractivity contribution >= 4 is 38.0 Å². The molecule has 275 valence electrons. The number of aliphatic hydroxyl groups is 1. The van der Waals surface area contributed by atoms with E-state index >= 15 is 0 Å². The maximum absolute atomic E-state index is 11.7. The number of benzene rings is 3. The number of aromatic nitrogens is 1. The number of carbonyl (C=O) groups is 1. The molecule has 0 spiro atoms. The molecule has 0 unspecified atom stereocenters. The van der Waals surface area contributed by atoms with Gasteiger partial charge in [0.15, 0.2) is 5.78 Å². The molecule has 2 aromatic heterocycles. The van der Waals surface area contributed by atoms with Crippen LogP contribution in [-0.2, 0) is 36.7 Å². The summed E-state index contributed by atoms with van der Waals surface area (Å²) >= 11 is 1.52. The fourth-order valence-corrected chi connectivity index (χ4v) is 7.77. The molecular formula is C46H58IrNO2S-. The number of rotatable bonds is 10. The first-order valence-electron chi connectivity index (χ1n) is 19.7.